The fourth-order valence-electron chi connectivity index (χ4n) is 4.64. The minimum absolute atomic E-state index is 0.272. The van der Waals surface area contributed by atoms with Crippen LogP contribution in [0.1, 0.15) is 46.0 Å². The largest absolute Gasteiger partial charge is 0.390 e. The van der Waals surface area contributed by atoms with Crippen molar-refractivity contribution < 1.29 is 5.11 Å². The van der Waals surface area contributed by atoms with Crippen LogP contribution in [0.25, 0.3) is 0 Å². The molecule has 4 fully saturated rings. The monoisotopic (exact) mass is 209 g/mol. The van der Waals surface area contributed by atoms with E-state index in [1.54, 1.807) is 0 Å². The van der Waals surface area contributed by atoms with Gasteiger partial charge in [-0.25, -0.2) is 0 Å². The van der Waals surface area contributed by atoms with E-state index in [0.29, 0.717) is 12.1 Å². The predicted molar refractivity (Wildman–Crippen MR) is 60.6 cm³/mol. The Labute approximate surface area is 92.4 Å². The molecule has 2 nitrogen and oxygen atoms in total. The molecule has 4 saturated carbocycles. The van der Waals surface area contributed by atoms with Crippen LogP contribution in [0.3, 0.4) is 0 Å². The van der Waals surface area contributed by atoms with Crippen molar-refractivity contribution in [3.05, 3.63) is 0 Å². The first-order chi connectivity index (χ1) is 7.06. The summed E-state index contributed by atoms with van der Waals surface area (Å²) in [5, 5.41) is 14.2. The number of rotatable bonds is 2. The first kappa shape index (κ1) is 10.1. The Balaban J connectivity index is 1.79. The van der Waals surface area contributed by atoms with Crippen molar-refractivity contribution in [1.82, 2.24) is 5.32 Å². The number of nitrogens with one attached hydrogen (secondary N) is 1. The maximum Gasteiger partial charge on any atom is 0.0657 e. The molecule has 4 rings (SSSR count). The van der Waals surface area contributed by atoms with Crippen molar-refractivity contribution >= 4 is 0 Å². The van der Waals surface area contributed by atoms with Gasteiger partial charge < -0.3 is 10.4 Å². The van der Waals surface area contributed by atoms with Crippen LogP contribution in [0.2, 0.25) is 0 Å². The van der Waals surface area contributed by atoms with E-state index in [2.05, 4.69) is 19.2 Å². The molecule has 0 aromatic carbocycles. The van der Waals surface area contributed by atoms with E-state index in [4.69, 9.17) is 0 Å². The van der Waals surface area contributed by atoms with Crippen molar-refractivity contribution in [3.63, 3.8) is 0 Å². The van der Waals surface area contributed by atoms with Gasteiger partial charge in [0.1, 0.15) is 0 Å². The van der Waals surface area contributed by atoms with Gasteiger partial charge in [-0.3, -0.25) is 0 Å². The molecule has 86 valence electrons. The standard InChI is InChI=1S/C13H23NO/c1-8(2)14-12-10-3-9-4-11(12)7-13(15,5-9)6-10/h8-12,14-15H,3-7H2,1-2H3/t9?,10-,11+,12?,13-. The predicted octanol–water partition coefficient (Wildman–Crippen LogP) is 1.92. The molecule has 2 N–H and O–H groups in total. The summed E-state index contributed by atoms with van der Waals surface area (Å²) in [7, 11) is 0. The van der Waals surface area contributed by atoms with E-state index in [0.717, 1.165) is 37.0 Å². The fraction of sp³-hybridized carbons (Fsp3) is 1.00. The first-order valence-electron chi connectivity index (χ1n) is 6.54. The van der Waals surface area contributed by atoms with E-state index in [1.807, 2.05) is 0 Å². The quantitative estimate of drug-likeness (QED) is 0.728. The average Bonchev–Trinajstić information content (AvgIpc) is 2.08. The fourth-order valence-corrected chi connectivity index (χ4v) is 4.64. The van der Waals surface area contributed by atoms with Crippen LogP contribution in [0.4, 0.5) is 0 Å². The van der Waals surface area contributed by atoms with Gasteiger partial charge in [0.15, 0.2) is 0 Å². The molecular formula is C13H23NO. The Morgan fingerprint density at radius 1 is 1.13 bits per heavy atom. The second kappa shape index (κ2) is 3.21. The Morgan fingerprint density at radius 2 is 1.73 bits per heavy atom. The van der Waals surface area contributed by atoms with Gasteiger partial charge in [0.05, 0.1) is 5.60 Å². The van der Waals surface area contributed by atoms with Crippen LogP contribution in [0.5, 0.6) is 0 Å². The van der Waals surface area contributed by atoms with E-state index in [9.17, 15) is 5.11 Å². The molecule has 2 heteroatoms. The summed E-state index contributed by atoms with van der Waals surface area (Å²) in [5.41, 5.74) is -0.272. The minimum Gasteiger partial charge on any atom is -0.390 e. The smallest absolute Gasteiger partial charge is 0.0657 e. The number of hydrogen-bond acceptors (Lipinski definition) is 2. The van der Waals surface area contributed by atoms with Gasteiger partial charge in [-0.15, -0.1) is 0 Å². The summed E-state index contributed by atoms with van der Waals surface area (Å²) in [6, 6.07) is 1.28. The summed E-state index contributed by atoms with van der Waals surface area (Å²) >= 11 is 0. The molecule has 5 atom stereocenters. The van der Waals surface area contributed by atoms with E-state index in [-0.39, 0.29) is 5.60 Å². The molecule has 0 aromatic heterocycles. The third-order valence-corrected chi connectivity index (χ3v) is 4.77. The maximum atomic E-state index is 10.4. The lowest BCUT2D eigenvalue weighted by molar-refractivity contribution is -0.139. The summed E-state index contributed by atoms with van der Waals surface area (Å²) in [6.07, 6.45) is 5.94. The van der Waals surface area contributed by atoms with Crippen molar-refractivity contribution in [3.8, 4) is 0 Å². The van der Waals surface area contributed by atoms with Crippen LogP contribution in [0, 0.1) is 17.8 Å². The highest BCUT2D eigenvalue weighted by Gasteiger charge is 2.54. The number of hydrogen-bond donors (Lipinski definition) is 2. The van der Waals surface area contributed by atoms with Gasteiger partial charge in [-0.2, -0.15) is 0 Å². The van der Waals surface area contributed by atoms with Gasteiger partial charge in [0, 0.05) is 12.1 Å². The summed E-state index contributed by atoms with van der Waals surface area (Å²) in [6.45, 7) is 4.47. The Hall–Kier alpha value is -0.0800. The van der Waals surface area contributed by atoms with E-state index < -0.39 is 0 Å². The molecule has 0 heterocycles. The molecule has 0 radical (unpaired) electrons. The van der Waals surface area contributed by atoms with Crippen LogP contribution in [0.15, 0.2) is 0 Å². The lowest BCUT2D eigenvalue weighted by atomic mass is 9.52. The lowest BCUT2D eigenvalue weighted by Gasteiger charge is -2.58. The molecule has 4 aliphatic rings. The van der Waals surface area contributed by atoms with Gasteiger partial charge in [-0.05, 0) is 49.9 Å². The van der Waals surface area contributed by atoms with Crippen LogP contribution < -0.4 is 5.32 Å². The topological polar surface area (TPSA) is 32.3 Å². The average molecular weight is 209 g/mol. The number of aliphatic hydroxyl groups is 1. The van der Waals surface area contributed by atoms with E-state index >= 15 is 0 Å². The molecular weight excluding hydrogens is 186 g/mol. The van der Waals surface area contributed by atoms with Crippen molar-refractivity contribution in [2.45, 2.75) is 63.6 Å². The zero-order valence-corrected chi connectivity index (χ0v) is 9.87. The SMILES string of the molecule is CC(C)NC1[C@@H]2CC3C[C@H]1C[C@@](O)(C3)C2. The Morgan fingerprint density at radius 3 is 2.20 bits per heavy atom. The maximum absolute atomic E-state index is 10.4. The second-order valence-corrected chi connectivity index (χ2v) is 6.54. The van der Waals surface area contributed by atoms with Gasteiger partial charge >= 0.3 is 0 Å². The molecule has 0 amide bonds. The van der Waals surface area contributed by atoms with Gasteiger partial charge in [0.2, 0.25) is 0 Å². The van der Waals surface area contributed by atoms with Gasteiger partial charge in [-0.1, -0.05) is 13.8 Å². The Kier molecular flexibility index (Phi) is 2.16. The zero-order chi connectivity index (χ0) is 10.6. The summed E-state index contributed by atoms with van der Waals surface area (Å²) in [5.74, 6) is 2.34. The zero-order valence-electron chi connectivity index (χ0n) is 9.87. The normalized spacial score (nSPS) is 52.8. The van der Waals surface area contributed by atoms with Crippen LogP contribution in [-0.2, 0) is 0 Å². The molecule has 0 spiro atoms. The molecule has 0 aromatic rings. The van der Waals surface area contributed by atoms with Crippen molar-refractivity contribution in [2.75, 3.05) is 0 Å². The minimum atomic E-state index is -0.272. The molecule has 0 saturated heterocycles. The molecule has 4 aliphatic carbocycles. The molecule has 4 bridgehead atoms. The first-order valence-corrected chi connectivity index (χ1v) is 6.54. The summed E-state index contributed by atoms with van der Waals surface area (Å²) in [4.78, 5) is 0. The highest BCUT2D eigenvalue weighted by Crippen LogP contribution is 2.55. The van der Waals surface area contributed by atoms with Crippen LogP contribution in [-0.4, -0.2) is 22.8 Å². The third-order valence-electron chi connectivity index (χ3n) is 4.77. The van der Waals surface area contributed by atoms with Crippen LogP contribution >= 0.6 is 0 Å². The molecule has 0 aliphatic heterocycles. The molecule has 2 unspecified atom stereocenters. The highest BCUT2D eigenvalue weighted by molar-refractivity contribution is 5.08. The van der Waals surface area contributed by atoms with Crippen molar-refractivity contribution in [2.24, 2.45) is 17.8 Å². The lowest BCUT2D eigenvalue weighted by Crippen LogP contribution is -2.61. The third kappa shape index (κ3) is 1.62. The highest BCUT2D eigenvalue weighted by atomic mass is 16.3. The second-order valence-electron chi connectivity index (χ2n) is 6.54. The Bertz CT molecular complexity index is 247. The van der Waals surface area contributed by atoms with Gasteiger partial charge in [0.25, 0.3) is 0 Å². The van der Waals surface area contributed by atoms with Crippen molar-refractivity contribution in [1.29, 1.82) is 0 Å². The molecule has 15 heavy (non-hydrogen) atoms. The van der Waals surface area contributed by atoms with E-state index in [1.165, 1.54) is 12.8 Å². The summed E-state index contributed by atoms with van der Waals surface area (Å²) < 4.78 is 0.